The molecule has 1 aliphatic rings. The molecule has 1 fully saturated rings. The molecule has 6 N–H and O–H groups in total. The number of ketones is 1. The summed E-state index contributed by atoms with van der Waals surface area (Å²) in [7, 11) is 0. The maximum atomic E-state index is 12.5. The number of carboxylic acid groups (broad SMARTS) is 1. The number of carbonyl (C=O) groups is 4. The molecule has 0 saturated carbocycles. The third-order valence-corrected chi connectivity index (χ3v) is 6.02. The molecule has 3 rings (SSSR count). The van der Waals surface area contributed by atoms with Gasteiger partial charge in [0, 0.05) is 18.9 Å². The van der Waals surface area contributed by atoms with Crippen molar-refractivity contribution in [3.05, 3.63) is 16.7 Å². The van der Waals surface area contributed by atoms with Gasteiger partial charge in [-0.1, -0.05) is 13.8 Å². The number of hydrogen-bond acceptors (Lipinski definition) is 13. The number of carbonyl (C=O) groups excluding carboxylic acids is 3. The SMILES string of the molecule is CC(=O)CC(OCCOCCNC(=O)O[C@@H]1[C@H](O)[C@@H](CO)O[C@H]1n1cnc2c(=O)[nH]c(NC(=O)C(C)C)nc21)C(=O)O. The van der Waals surface area contributed by atoms with E-state index < -0.39 is 66.7 Å². The molecule has 1 aliphatic heterocycles. The molecule has 232 valence electrons. The molecule has 2 aromatic rings. The average Bonchev–Trinajstić information content (AvgIpc) is 3.47. The lowest BCUT2D eigenvalue weighted by Gasteiger charge is -2.22. The lowest BCUT2D eigenvalue weighted by atomic mass is 10.1. The number of carboxylic acids is 1. The van der Waals surface area contributed by atoms with Crippen LogP contribution in [0.1, 0.15) is 33.4 Å². The summed E-state index contributed by atoms with van der Waals surface area (Å²) >= 11 is 0. The van der Waals surface area contributed by atoms with E-state index in [-0.39, 0.29) is 55.7 Å². The van der Waals surface area contributed by atoms with Gasteiger partial charge in [-0.3, -0.25) is 29.3 Å². The predicted octanol–water partition coefficient (Wildman–Crippen LogP) is -1.47. The number of fused-ring (bicyclic) bond motifs is 1. The highest BCUT2D eigenvalue weighted by molar-refractivity contribution is 5.91. The average molecular weight is 599 g/mol. The topological polar surface area (TPSA) is 254 Å². The first-order chi connectivity index (χ1) is 19.9. The van der Waals surface area contributed by atoms with E-state index in [0.29, 0.717) is 0 Å². The fourth-order valence-electron chi connectivity index (χ4n) is 3.87. The number of H-pyrrole nitrogens is 1. The highest BCUT2D eigenvalue weighted by Crippen LogP contribution is 2.33. The summed E-state index contributed by atoms with van der Waals surface area (Å²) in [5, 5.41) is 34.3. The minimum atomic E-state index is -1.46. The van der Waals surface area contributed by atoms with Gasteiger partial charge >= 0.3 is 12.1 Å². The Morgan fingerprint density at radius 3 is 2.60 bits per heavy atom. The second kappa shape index (κ2) is 14.8. The van der Waals surface area contributed by atoms with Crippen LogP contribution in [-0.2, 0) is 33.3 Å². The van der Waals surface area contributed by atoms with Crippen LogP contribution in [0.2, 0.25) is 0 Å². The standard InChI is InChI=1S/C24H34N6O12/c1-11(2)19(34)28-23-27-18-15(20(35)29-23)26-10-30(18)21-17(16(33)14(9-31)41-21)42-24(38)25-4-5-39-6-7-40-13(22(36)37)8-12(3)32/h10-11,13-14,16-17,21,31,33H,4-9H2,1-3H3,(H,25,38)(H,36,37)(H2,27,28,29,34,35)/t13?,14-,16-,17-,21-/m1/s1. The van der Waals surface area contributed by atoms with Crippen molar-refractivity contribution in [2.24, 2.45) is 5.92 Å². The Bertz CT molecular complexity index is 1330. The summed E-state index contributed by atoms with van der Waals surface area (Å²) in [5.41, 5.74) is -0.803. The van der Waals surface area contributed by atoms with E-state index in [1.54, 1.807) is 13.8 Å². The van der Waals surface area contributed by atoms with Crippen LogP contribution in [0.5, 0.6) is 0 Å². The normalized spacial score (nSPS) is 20.9. The summed E-state index contributed by atoms with van der Waals surface area (Å²) in [6, 6.07) is 0. The first kappa shape index (κ1) is 32.5. The minimum absolute atomic E-state index is 0.000943. The van der Waals surface area contributed by atoms with Crippen molar-refractivity contribution in [3.63, 3.8) is 0 Å². The van der Waals surface area contributed by atoms with Crippen molar-refractivity contribution < 1.29 is 53.4 Å². The van der Waals surface area contributed by atoms with Crippen LogP contribution in [0, 0.1) is 5.92 Å². The molecule has 0 bridgehead atoms. The number of aromatic nitrogens is 4. The van der Waals surface area contributed by atoms with Gasteiger partial charge in [-0.25, -0.2) is 14.6 Å². The third kappa shape index (κ3) is 8.29. The molecule has 18 nitrogen and oxygen atoms in total. The monoisotopic (exact) mass is 598 g/mol. The molecule has 0 aliphatic carbocycles. The summed E-state index contributed by atoms with van der Waals surface area (Å²) in [6.45, 7) is 3.82. The van der Waals surface area contributed by atoms with E-state index in [9.17, 15) is 34.2 Å². The zero-order chi connectivity index (χ0) is 31.0. The Labute approximate surface area is 238 Å². The van der Waals surface area contributed by atoms with Gasteiger partial charge in [-0.2, -0.15) is 4.98 Å². The van der Waals surface area contributed by atoms with Crippen LogP contribution in [-0.4, -0.2) is 116 Å². The molecule has 42 heavy (non-hydrogen) atoms. The summed E-state index contributed by atoms with van der Waals surface area (Å²) < 4.78 is 22.7. The van der Waals surface area contributed by atoms with Crippen molar-refractivity contribution >= 4 is 40.9 Å². The van der Waals surface area contributed by atoms with Gasteiger partial charge in [0.1, 0.15) is 18.0 Å². The minimum Gasteiger partial charge on any atom is -0.479 e. The maximum Gasteiger partial charge on any atom is 0.407 e. The van der Waals surface area contributed by atoms with Crippen LogP contribution < -0.4 is 16.2 Å². The van der Waals surface area contributed by atoms with Crippen LogP contribution in [0.25, 0.3) is 11.2 Å². The number of aromatic amines is 1. The summed E-state index contributed by atoms with van der Waals surface area (Å²) in [4.78, 5) is 69.9. The molecule has 0 aromatic carbocycles. The molecule has 0 radical (unpaired) electrons. The molecule has 3 heterocycles. The highest BCUT2D eigenvalue weighted by atomic mass is 16.6. The van der Waals surface area contributed by atoms with Gasteiger partial charge in [0.15, 0.2) is 29.6 Å². The van der Waals surface area contributed by atoms with Crippen molar-refractivity contribution in [2.45, 2.75) is 57.8 Å². The van der Waals surface area contributed by atoms with Crippen molar-refractivity contribution in [1.82, 2.24) is 24.8 Å². The lowest BCUT2D eigenvalue weighted by molar-refractivity contribution is -0.153. The largest absolute Gasteiger partial charge is 0.479 e. The number of alkyl carbamates (subject to hydrolysis) is 1. The zero-order valence-corrected chi connectivity index (χ0v) is 23.1. The lowest BCUT2D eigenvalue weighted by Crippen LogP contribution is -2.40. The third-order valence-electron chi connectivity index (χ3n) is 6.02. The van der Waals surface area contributed by atoms with Crippen LogP contribution in [0.15, 0.2) is 11.1 Å². The van der Waals surface area contributed by atoms with Crippen LogP contribution in [0.3, 0.4) is 0 Å². The summed E-state index contributed by atoms with van der Waals surface area (Å²) in [5.74, 6) is -2.54. The van der Waals surface area contributed by atoms with Crippen LogP contribution >= 0.6 is 0 Å². The first-order valence-electron chi connectivity index (χ1n) is 13.0. The molecule has 1 saturated heterocycles. The molecule has 2 aromatic heterocycles. The van der Waals surface area contributed by atoms with Gasteiger partial charge in [0.05, 0.1) is 32.8 Å². The maximum absolute atomic E-state index is 12.5. The van der Waals surface area contributed by atoms with Gasteiger partial charge in [0.25, 0.3) is 5.56 Å². The zero-order valence-electron chi connectivity index (χ0n) is 23.1. The Morgan fingerprint density at radius 2 is 1.95 bits per heavy atom. The van der Waals surface area contributed by atoms with E-state index in [1.807, 2.05) is 0 Å². The smallest absolute Gasteiger partial charge is 0.407 e. The predicted molar refractivity (Wildman–Crippen MR) is 140 cm³/mol. The van der Waals surface area contributed by atoms with Gasteiger partial charge < -0.3 is 39.6 Å². The van der Waals surface area contributed by atoms with Crippen molar-refractivity contribution in [1.29, 1.82) is 0 Å². The number of anilines is 1. The van der Waals surface area contributed by atoms with Gasteiger partial charge in [-0.15, -0.1) is 0 Å². The molecule has 1 unspecified atom stereocenters. The van der Waals surface area contributed by atoms with Crippen molar-refractivity contribution in [2.75, 3.05) is 38.3 Å². The second-order valence-corrected chi connectivity index (χ2v) is 9.63. The molecule has 5 atom stereocenters. The Kier molecular flexibility index (Phi) is 11.5. The highest BCUT2D eigenvalue weighted by Gasteiger charge is 2.47. The molecular formula is C24H34N6O12. The number of aliphatic hydroxyl groups excluding tert-OH is 2. The number of imidazole rings is 1. The number of amides is 2. The van der Waals surface area contributed by atoms with Gasteiger partial charge in [0.2, 0.25) is 11.9 Å². The second-order valence-electron chi connectivity index (χ2n) is 9.63. The molecular weight excluding hydrogens is 564 g/mol. The summed E-state index contributed by atoms with van der Waals surface area (Å²) in [6.07, 6.45) is -6.54. The number of Topliss-reactive ketones (excluding diaryl/α,β-unsaturated/α-hetero) is 1. The van der Waals surface area contributed by atoms with E-state index >= 15 is 0 Å². The fraction of sp³-hybridized carbons (Fsp3) is 0.625. The Morgan fingerprint density at radius 1 is 1.21 bits per heavy atom. The molecule has 18 heteroatoms. The Hall–Kier alpha value is -3.97. The number of rotatable bonds is 15. The fourth-order valence-corrected chi connectivity index (χ4v) is 3.87. The quantitative estimate of drug-likeness (QED) is 0.128. The van der Waals surface area contributed by atoms with E-state index in [4.69, 9.17) is 24.1 Å². The van der Waals surface area contributed by atoms with E-state index in [1.165, 1.54) is 17.8 Å². The van der Waals surface area contributed by atoms with E-state index in [0.717, 1.165) is 0 Å². The molecule has 2 amide bonds. The number of hydrogen-bond donors (Lipinski definition) is 6. The van der Waals surface area contributed by atoms with E-state index in [2.05, 4.69) is 25.6 Å². The van der Waals surface area contributed by atoms with Crippen molar-refractivity contribution in [3.8, 4) is 0 Å². The van der Waals surface area contributed by atoms with Crippen LogP contribution in [0.4, 0.5) is 10.7 Å². The first-order valence-corrected chi connectivity index (χ1v) is 13.0. The number of ether oxygens (including phenoxy) is 4. The Balaban J connectivity index is 1.60. The molecule has 0 spiro atoms. The number of nitrogens with one attached hydrogen (secondary N) is 3. The number of aliphatic hydroxyl groups is 2. The number of aliphatic carboxylic acids is 1. The number of nitrogens with zero attached hydrogens (tertiary/aromatic N) is 3. The van der Waals surface area contributed by atoms with Gasteiger partial charge in [-0.05, 0) is 6.92 Å².